The van der Waals surface area contributed by atoms with Crippen molar-refractivity contribution in [3.63, 3.8) is 0 Å². The SMILES string of the molecule is Cc1nc(Cc2ccc(F)cc2)sc1C(=O)NCCNC(=O)C1CCCCC1. The summed E-state index contributed by atoms with van der Waals surface area (Å²) in [4.78, 5) is 29.6. The van der Waals surface area contributed by atoms with Crippen molar-refractivity contribution in [3.8, 4) is 0 Å². The van der Waals surface area contributed by atoms with E-state index in [2.05, 4.69) is 15.6 Å². The van der Waals surface area contributed by atoms with Crippen molar-refractivity contribution in [2.45, 2.75) is 45.4 Å². The molecule has 0 saturated heterocycles. The second kappa shape index (κ2) is 9.78. The molecular weight excluding hydrogens is 377 g/mol. The van der Waals surface area contributed by atoms with Crippen LogP contribution in [0.2, 0.25) is 0 Å². The number of carbonyl (C=O) groups is 2. The predicted molar refractivity (Wildman–Crippen MR) is 108 cm³/mol. The predicted octanol–water partition coefficient (Wildman–Crippen LogP) is 3.61. The van der Waals surface area contributed by atoms with E-state index in [1.165, 1.54) is 29.9 Å². The van der Waals surface area contributed by atoms with Crippen LogP contribution in [0.1, 0.15) is 58.0 Å². The summed E-state index contributed by atoms with van der Waals surface area (Å²) >= 11 is 1.35. The fourth-order valence-electron chi connectivity index (χ4n) is 3.47. The van der Waals surface area contributed by atoms with Gasteiger partial charge < -0.3 is 10.6 Å². The average Bonchev–Trinajstić information content (AvgIpc) is 3.07. The number of halogens is 1. The van der Waals surface area contributed by atoms with Gasteiger partial charge in [-0.1, -0.05) is 31.4 Å². The summed E-state index contributed by atoms with van der Waals surface area (Å²) in [5, 5.41) is 6.59. The number of aryl methyl sites for hydroxylation is 1. The number of carbonyl (C=O) groups excluding carboxylic acids is 2. The third-order valence-electron chi connectivity index (χ3n) is 5.00. The summed E-state index contributed by atoms with van der Waals surface area (Å²) in [5.74, 6) is -0.214. The highest BCUT2D eigenvalue weighted by atomic mass is 32.1. The summed E-state index contributed by atoms with van der Waals surface area (Å²) in [6, 6.07) is 6.29. The van der Waals surface area contributed by atoms with E-state index in [9.17, 15) is 14.0 Å². The number of amides is 2. The number of nitrogens with one attached hydrogen (secondary N) is 2. The van der Waals surface area contributed by atoms with Crippen molar-refractivity contribution in [2.75, 3.05) is 13.1 Å². The molecule has 3 rings (SSSR count). The molecule has 1 aromatic carbocycles. The normalized spacial score (nSPS) is 14.6. The number of aromatic nitrogens is 1. The molecule has 1 aliphatic carbocycles. The Kier molecular flexibility index (Phi) is 7.14. The number of rotatable bonds is 7. The third kappa shape index (κ3) is 5.61. The Morgan fingerprint density at radius 2 is 1.79 bits per heavy atom. The van der Waals surface area contributed by atoms with Crippen molar-refractivity contribution >= 4 is 23.2 Å². The lowest BCUT2D eigenvalue weighted by molar-refractivity contribution is -0.125. The number of nitrogens with zero attached hydrogens (tertiary/aromatic N) is 1. The number of thiazole rings is 1. The van der Waals surface area contributed by atoms with Crippen molar-refractivity contribution in [1.29, 1.82) is 0 Å². The second-order valence-corrected chi connectivity index (χ2v) is 8.29. The molecule has 1 fully saturated rings. The van der Waals surface area contributed by atoms with Gasteiger partial charge in [-0.05, 0) is 37.5 Å². The summed E-state index contributed by atoms with van der Waals surface area (Å²) in [5.41, 5.74) is 1.64. The molecule has 2 N–H and O–H groups in total. The van der Waals surface area contributed by atoms with Gasteiger partial charge in [0, 0.05) is 25.4 Å². The zero-order valence-corrected chi connectivity index (χ0v) is 16.9. The summed E-state index contributed by atoms with van der Waals surface area (Å²) < 4.78 is 13.0. The second-order valence-electron chi connectivity index (χ2n) is 7.21. The van der Waals surface area contributed by atoms with Crippen LogP contribution in [-0.2, 0) is 11.2 Å². The van der Waals surface area contributed by atoms with E-state index in [1.54, 1.807) is 12.1 Å². The van der Waals surface area contributed by atoms with E-state index >= 15 is 0 Å². The maximum atomic E-state index is 13.0. The molecular formula is C21H26FN3O2S. The molecule has 150 valence electrons. The van der Waals surface area contributed by atoms with E-state index in [1.807, 2.05) is 6.92 Å². The molecule has 28 heavy (non-hydrogen) atoms. The molecule has 5 nitrogen and oxygen atoms in total. The smallest absolute Gasteiger partial charge is 0.263 e. The highest BCUT2D eigenvalue weighted by Gasteiger charge is 2.20. The van der Waals surface area contributed by atoms with Crippen LogP contribution in [0.15, 0.2) is 24.3 Å². The molecule has 0 spiro atoms. The Hall–Kier alpha value is -2.28. The first kappa shape index (κ1) is 20.5. The molecule has 0 bridgehead atoms. The zero-order valence-electron chi connectivity index (χ0n) is 16.1. The molecule has 0 atom stereocenters. The molecule has 1 aliphatic rings. The Bertz CT molecular complexity index is 814. The Morgan fingerprint density at radius 1 is 1.11 bits per heavy atom. The minimum absolute atomic E-state index is 0.101. The first-order valence-corrected chi connectivity index (χ1v) is 10.6. The molecule has 0 aliphatic heterocycles. The molecule has 0 radical (unpaired) electrons. The minimum Gasteiger partial charge on any atom is -0.354 e. The van der Waals surface area contributed by atoms with Crippen LogP contribution in [0, 0.1) is 18.7 Å². The van der Waals surface area contributed by atoms with Gasteiger partial charge in [-0.3, -0.25) is 9.59 Å². The molecule has 1 aromatic heterocycles. The van der Waals surface area contributed by atoms with Crippen molar-refractivity contribution in [2.24, 2.45) is 5.92 Å². The first-order chi connectivity index (χ1) is 13.5. The lowest BCUT2D eigenvalue weighted by atomic mass is 9.89. The maximum absolute atomic E-state index is 13.0. The third-order valence-corrected chi connectivity index (χ3v) is 6.16. The Balaban J connectivity index is 1.45. The average molecular weight is 404 g/mol. The van der Waals surface area contributed by atoms with Crippen LogP contribution in [0.5, 0.6) is 0 Å². The number of benzene rings is 1. The molecule has 2 aromatic rings. The van der Waals surface area contributed by atoms with Crippen molar-refractivity contribution < 1.29 is 14.0 Å². The molecule has 1 heterocycles. The van der Waals surface area contributed by atoms with Crippen LogP contribution in [0.25, 0.3) is 0 Å². The lowest BCUT2D eigenvalue weighted by Gasteiger charge is -2.20. The number of hydrogen-bond acceptors (Lipinski definition) is 4. The van der Waals surface area contributed by atoms with Gasteiger partial charge >= 0.3 is 0 Å². The van der Waals surface area contributed by atoms with Gasteiger partial charge in [0.1, 0.15) is 10.7 Å². The van der Waals surface area contributed by atoms with Crippen LogP contribution in [0.4, 0.5) is 4.39 Å². The minimum atomic E-state index is -0.269. The van der Waals surface area contributed by atoms with Gasteiger partial charge in [-0.25, -0.2) is 9.37 Å². The Labute approximate surface area is 168 Å². The van der Waals surface area contributed by atoms with Gasteiger partial charge in [-0.2, -0.15) is 0 Å². The summed E-state index contributed by atoms with van der Waals surface area (Å²) in [6.07, 6.45) is 5.97. The summed E-state index contributed by atoms with van der Waals surface area (Å²) in [7, 11) is 0. The quantitative estimate of drug-likeness (QED) is 0.694. The van der Waals surface area contributed by atoms with E-state index < -0.39 is 0 Å². The van der Waals surface area contributed by atoms with Crippen LogP contribution in [-0.4, -0.2) is 29.9 Å². The van der Waals surface area contributed by atoms with Crippen LogP contribution >= 0.6 is 11.3 Å². The maximum Gasteiger partial charge on any atom is 0.263 e. The first-order valence-electron chi connectivity index (χ1n) is 9.79. The van der Waals surface area contributed by atoms with Crippen molar-refractivity contribution in [3.05, 3.63) is 51.2 Å². The van der Waals surface area contributed by atoms with Gasteiger partial charge in [0.05, 0.1) is 10.7 Å². The number of hydrogen-bond donors (Lipinski definition) is 2. The van der Waals surface area contributed by atoms with E-state index in [0.717, 1.165) is 36.3 Å². The monoisotopic (exact) mass is 403 g/mol. The van der Waals surface area contributed by atoms with Crippen LogP contribution in [0.3, 0.4) is 0 Å². The fourth-order valence-corrected chi connectivity index (χ4v) is 4.48. The largest absolute Gasteiger partial charge is 0.354 e. The standard InChI is InChI=1S/C21H26FN3O2S/c1-14-19(28-18(25-14)13-15-7-9-17(22)10-8-15)21(27)24-12-11-23-20(26)16-5-3-2-4-6-16/h7-10,16H,2-6,11-13H2,1H3,(H,23,26)(H,24,27). The molecule has 1 saturated carbocycles. The van der Waals surface area contributed by atoms with Gasteiger partial charge in [-0.15, -0.1) is 11.3 Å². The molecule has 2 amide bonds. The molecule has 0 unspecified atom stereocenters. The van der Waals surface area contributed by atoms with E-state index in [-0.39, 0.29) is 23.5 Å². The van der Waals surface area contributed by atoms with Gasteiger partial charge in [0.25, 0.3) is 5.91 Å². The molecule has 7 heteroatoms. The van der Waals surface area contributed by atoms with Crippen LogP contribution < -0.4 is 10.6 Å². The highest BCUT2D eigenvalue weighted by molar-refractivity contribution is 7.13. The van der Waals surface area contributed by atoms with Gasteiger partial charge in [0.2, 0.25) is 5.91 Å². The summed E-state index contributed by atoms with van der Waals surface area (Å²) in [6.45, 7) is 2.63. The van der Waals surface area contributed by atoms with Crippen molar-refractivity contribution in [1.82, 2.24) is 15.6 Å². The Morgan fingerprint density at radius 3 is 2.50 bits per heavy atom. The fraction of sp³-hybridized carbons (Fsp3) is 0.476. The van der Waals surface area contributed by atoms with Gasteiger partial charge in [0.15, 0.2) is 0 Å². The zero-order chi connectivity index (χ0) is 19.9. The van der Waals surface area contributed by atoms with E-state index in [4.69, 9.17) is 0 Å². The topological polar surface area (TPSA) is 71.1 Å². The lowest BCUT2D eigenvalue weighted by Crippen LogP contribution is -2.38. The van der Waals surface area contributed by atoms with E-state index in [0.29, 0.717) is 30.1 Å². The highest BCUT2D eigenvalue weighted by Crippen LogP contribution is 2.23.